The highest BCUT2D eigenvalue weighted by Crippen LogP contribution is 2.34. The summed E-state index contributed by atoms with van der Waals surface area (Å²) >= 11 is 6.16. The maximum absolute atomic E-state index is 12.5. The molecule has 2 aliphatic rings. The van der Waals surface area contributed by atoms with Crippen molar-refractivity contribution in [3.8, 4) is 0 Å². The van der Waals surface area contributed by atoms with Crippen LogP contribution in [0.2, 0.25) is 5.02 Å². The second-order valence-electron chi connectivity index (χ2n) is 5.04. The standard InChI is InChI=1S/C14H17ClN2O2.ClH/c15-11-2-1-3-12-10(11)6-7-17(12)14(18)13-5-4-9(8-16)19-13;/h1-3,9,13H,4-8,16H2;1H/t9-,13+;/m1./s1. The molecule has 0 radical (unpaired) electrons. The Morgan fingerprint density at radius 3 is 2.95 bits per heavy atom. The minimum absolute atomic E-state index is 0. The number of halogens is 2. The lowest BCUT2D eigenvalue weighted by Gasteiger charge is -2.21. The van der Waals surface area contributed by atoms with E-state index in [-0.39, 0.29) is 30.5 Å². The fourth-order valence-corrected chi connectivity index (χ4v) is 3.12. The SMILES string of the molecule is Cl.NC[C@H]1CC[C@@H](C(=O)N2CCc3c(Cl)cccc32)O1. The third-order valence-corrected chi connectivity index (χ3v) is 4.24. The molecule has 2 aliphatic heterocycles. The maximum Gasteiger partial charge on any atom is 0.256 e. The molecule has 3 rings (SSSR count). The first kappa shape index (κ1) is 15.6. The maximum atomic E-state index is 12.5. The highest BCUT2D eigenvalue weighted by Gasteiger charge is 2.36. The van der Waals surface area contributed by atoms with E-state index in [0.717, 1.165) is 35.5 Å². The first-order valence-corrected chi connectivity index (χ1v) is 7.03. The quantitative estimate of drug-likeness (QED) is 0.909. The first-order chi connectivity index (χ1) is 9.20. The van der Waals surface area contributed by atoms with Crippen LogP contribution >= 0.6 is 24.0 Å². The Bertz CT molecular complexity index is 510. The molecule has 0 unspecified atom stereocenters. The molecule has 0 aromatic heterocycles. The number of carbonyl (C=O) groups excluding carboxylic acids is 1. The molecule has 0 saturated carbocycles. The van der Waals surface area contributed by atoms with Crippen LogP contribution in [0.4, 0.5) is 5.69 Å². The number of hydrogen-bond donors (Lipinski definition) is 1. The lowest BCUT2D eigenvalue weighted by Crippen LogP contribution is -2.38. The van der Waals surface area contributed by atoms with Crippen LogP contribution in [0.15, 0.2) is 18.2 Å². The van der Waals surface area contributed by atoms with Crippen molar-refractivity contribution in [1.82, 2.24) is 0 Å². The van der Waals surface area contributed by atoms with E-state index in [1.54, 1.807) is 4.90 Å². The molecule has 2 atom stereocenters. The Balaban J connectivity index is 0.00000147. The van der Waals surface area contributed by atoms with E-state index in [1.165, 1.54) is 0 Å². The summed E-state index contributed by atoms with van der Waals surface area (Å²) in [4.78, 5) is 14.3. The van der Waals surface area contributed by atoms with Gasteiger partial charge >= 0.3 is 0 Å². The zero-order valence-corrected chi connectivity index (χ0v) is 12.6. The molecular formula is C14H18Cl2N2O2. The first-order valence-electron chi connectivity index (χ1n) is 6.65. The summed E-state index contributed by atoms with van der Waals surface area (Å²) in [6.07, 6.45) is 2.11. The average molecular weight is 317 g/mol. The summed E-state index contributed by atoms with van der Waals surface area (Å²) in [6.45, 7) is 1.16. The van der Waals surface area contributed by atoms with Crippen LogP contribution in [-0.2, 0) is 16.0 Å². The van der Waals surface area contributed by atoms with Gasteiger partial charge in [-0.25, -0.2) is 0 Å². The van der Waals surface area contributed by atoms with E-state index in [4.69, 9.17) is 22.1 Å². The Morgan fingerprint density at radius 1 is 1.45 bits per heavy atom. The molecule has 1 fully saturated rings. The number of nitrogens with zero attached hydrogens (tertiary/aromatic N) is 1. The third-order valence-electron chi connectivity index (χ3n) is 3.88. The van der Waals surface area contributed by atoms with Gasteiger partial charge in [0, 0.05) is 23.8 Å². The van der Waals surface area contributed by atoms with Crippen LogP contribution in [0.1, 0.15) is 18.4 Å². The highest BCUT2D eigenvalue weighted by atomic mass is 35.5. The Morgan fingerprint density at radius 2 is 2.25 bits per heavy atom. The number of anilines is 1. The summed E-state index contributed by atoms with van der Waals surface area (Å²) in [6, 6.07) is 5.69. The predicted molar refractivity (Wildman–Crippen MR) is 81.7 cm³/mol. The minimum atomic E-state index is -0.349. The van der Waals surface area contributed by atoms with Gasteiger partial charge in [-0.1, -0.05) is 17.7 Å². The van der Waals surface area contributed by atoms with Crippen LogP contribution in [0, 0.1) is 0 Å². The molecule has 6 heteroatoms. The van der Waals surface area contributed by atoms with Gasteiger partial charge in [-0.3, -0.25) is 4.79 Å². The van der Waals surface area contributed by atoms with Gasteiger partial charge in [0.25, 0.3) is 5.91 Å². The fraction of sp³-hybridized carbons (Fsp3) is 0.500. The van der Waals surface area contributed by atoms with Crippen LogP contribution in [0.5, 0.6) is 0 Å². The number of nitrogens with two attached hydrogens (primary N) is 1. The van der Waals surface area contributed by atoms with Gasteiger partial charge in [-0.05, 0) is 37.0 Å². The van der Waals surface area contributed by atoms with Crippen molar-refractivity contribution < 1.29 is 9.53 Å². The normalized spacial score (nSPS) is 24.4. The molecule has 0 aliphatic carbocycles. The summed E-state index contributed by atoms with van der Waals surface area (Å²) in [7, 11) is 0. The van der Waals surface area contributed by atoms with E-state index in [9.17, 15) is 4.79 Å². The zero-order valence-electron chi connectivity index (χ0n) is 11.0. The molecule has 1 amide bonds. The smallest absolute Gasteiger partial charge is 0.256 e. The van der Waals surface area contributed by atoms with Gasteiger partial charge in [-0.2, -0.15) is 0 Å². The van der Waals surface area contributed by atoms with Gasteiger partial charge < -0.3 is 15.4 Å². The molecule has 0 bridgehead atoms. The van der Waals surface area contributed by atoms with Crippen molar-refractivity contribution in [3.05, 3.63) is 28.8 Å². The van der Waals surface area contributed by atoms with Crippen LogP contribution < -0.4 is 10.6 Å². The number of carbonyl (C=O) groups is 1. The van der Waals surface area contributed by atoms with Crippen LogP contribution in [0.3, 0.4) is 0 Å². The zero-order chi connectivity index (χ0) is 13.4. The fourth-order valence-electron chi connectivity index (χ4n) is 2.86. The molecular weight excluding hydrogens is 299 g/mol. The summed E-state index contributed by atoms with van der Waals surface area (Å²) < 4.78 is 5.68. The second kappa shape index (κ2) is 6.31. The van der Waals surface area contributed by atoms with Crippen molar-refractivity contribution in [2.75, 3.05) is 18.0 Å². The average Bonchev–Trinajstić information content (AvgIpc) is 3.05. The molecule has 4 nitrogen and oxygen atoms in total. The molecule has 2 heterocycles. The number of hydrogen-bond acceptors (Lipinski definition) is 3. The Hall–Kier alpha value is -0.810. The summed E-state index contributed by atoms with van der Waals surface area (Å²) in [5, 5.41) is 0.736. The molecule has 110 valence electrons. The Kier molecular flexibility index (Phi) is 4.91. The molecule has 1 aromatic carbocycles. The van der Waals surface area contributed by atoms with Crippen LogP contribution in [0.25, 0.3) is 0 Å². The Labute approximate surface area is 129 Å². The van der Waals surface area contributed by atoms with E-state index in [1.807, 2.05) is 18.2 Å². The lowest BCUT2D eigenvalue weighted by atomic mass is 10.1. The second-order valence-corrected chi connectivity index (χ2v) is 5.44. The molecule has 1 saturated heterocycles. The number of benzene rings is 1. The largest absolute Gasteiger partial charge is 0.364 e. The van der Waals surface area contributed by atoms with Crippen molar-refractivity contribution in [1.29, 1.82) is 0 Å². The highest BCUT2D eigenvalue weighted by molar-refractivity contribution is 6.32. The lowest BCUT2D eigenvalue weighted by molar-refractivity contribution is -0.129. The van der Waals surface area contributed by atoms with Gasteiger partial charge in [0.05, 0.1) is 6.10 Å². The van der Waals surface area contributed by atoms with E-state index >= 15 is 0 Å². The van der Waals surface area contributed by atoms with Crippen LogP contribution in [-0.4, -0.2) is 31.2 Å². The molecule has 0 spiro atoms. The number of rotatable bonds is 2. The minimum Gasteiger partial charge on any atom is -0.364 e. The van der Waals surface area contributed by atoms with Gasteiger partial charge in [-0.15, -0.1) is 12.4 Å². The van der Waals surface area contributed by atoms with Crippen molar-refractivity contribution >= 4 is 35.6 Å². The van der Waals surface area contributed by atoms with Gasteiger partial charge in [0.15, 0.2) is 0 Å². The topological polar surface area (TPSA) is 55.6 Å². The third kappa shape index (κ3) is 2.66. The van der Waals surface area contributed by atoms with Gasteiger partial charge in [0.1, 0.15) is 6.10 Å². The van der Waals surface area contributed by atoms with Gasteiger partial charge in [0.2, 0.25) is 0 Å². The van der Waals surface area contributed by atoms with E-state index < -0.39 is 0 Å². The molecule has 2 N–H and O–H groups in total. The molecule has 20 heavy (non-hydrogen) atoms. The van der Waals surface area contributed by atoms with Crippen molar-refractivity contribution in [2.45, 2.75) is 31.5 Å². The number of fused-ring (bicyclic) bond motifs is 1. The predicted octanol–water partition coefficient (Wildman–Crippen LogP) is 2.16. The monoisotopic (exact) mass is 316 g/mol. The van der Waals surface area contributed by atoms with E-state index in [2.05, 4.69) is 0 Å². The summed E-state index contributed by atoms with van der Waals surface area (Å²) in [5.41, 5.74) is 7.57. The van der Waals surface area contributed by atoms with Crippen molar-refractivity contribution in [3.63, 3.8) is 0 Å². The number of ether oxygens (including phenoxy) is 1. The van der Waals surface area contributed by atoms with Crippen molar-refractivity contribution in [2.24, 2.45) is 5.73 Å². The molecule has 1 aromatic rings. The summed E-state index contributed by atoms with van der Waals surface area (Å²) in [5.74, 6) is 0.0389. The van der Waals surface area contributed by atoms with E-state index in [0.29, 0.717) is 13.1 Å². The number of amides is 1.